The third-order valence-electron chi connectivity index (χ3n) is 4.66. The Morgan fingerprint density at radius 1 is 1.36 bits per heavy atom. The van der Waals surface area contributed by atoms with Crippen molar-refractivity contribution in [1.82, 2.24) is 15.1 Å². The molecule has 2 atom stereocenters. The number of fused-ring (bicyclic) bond motifs is 1. The molecule has 114 valence electrons. The van der Waals surface area contributed by atoms with E-state index in [0.29, 0.717) is 0 Å². The number of allylic oxidation sites excluding steroid dienone is 5. The second kappa shape index (κ2) is 5.55. The average molecular weight is 293 g/mol. The molecule has 0 spiro atoms. The normalized spacial score (nSPS) is 29.2. The molecule has 0 saturated heterocycles. The van der Waals surface area contributed by atoms with Gasteiger partial charge >= 0.3 is 0 Å². The molecule has 3 nitrogen and oxygen atoms in total. The predicted octanol–water partition coefficient (Wildman–Crippen LogP) is 2.40. The van der Waals surface area contributed by atoms with Crippen LogP contribution in [0.2, 0.25) is 0 Å². The molecular formula is C19H23N3. The highest BCUT2D eigenvalue weighted by molar-refractivity contribution is 5.51. The van der Waals surface area contributed by atoms with Crippen LogP contribution < -0.4 is 5.32 Å². The Morgan fingerprint density at radius 2 is 2.18 bits per heavy atom. The van der Waals surface area contributed by atoms with Gasteiger partial charge in [-0.15, -0.1) is 0 Å². The van der Waals surface area contributed by atoms with E-state index in [9.17, 15) is 0 Å². The van der Waals surface area contributed by atoms with Crippen LogP contribution in [-0.4, -0.2) is 42.6 Å². The summed E-state index contributed by atoms with van der Waals surface area (Å²) in [6.07, 6.45) is 16.2. The summed E-state index contributed by atoms with van der Waals surface area (Å²) in [4.78, 5) is 4.40. The maximum Gasteiger partial charge on any atom is 0.125 e. The molecule has 0 bridgehead atoms. The second-order valence-corrected chi connectivity index (χ2v) is 6.48. The molecule has 2 unspecified atom stereocenters. The van der Waals surface area contributed by atoms with Crippen LogP contribution in [-0.2, 0) is 0 Å². The molecule has 2 aliphatic heterocycles. The summed E-state index contributed by atoms with van der Waals surface area (Å²) in [6, 6.07) is 0. The van der Waals surface area contributed by atoms with Gasteiger partial charge in [-0.2, -0.15) is 0 Å². The molecule has 0 amide bonds. The van der Waals surface area contributed by atoms with Gasteiger partial charge in [0.2, 0.25) is 0 Å². The highest BCUT2D eigenvalue weighted by atomic mass is 15.3. The molecule has 0 aromatic rings. The third kappa shape index (κ3) is 2.75. The van der Waals surface area contributed by atoms with Gasteiger partial charge in [-0.25, -0.2) is 0 Å². The monoisotopic (exact) mass is 293 g/mol. The Hall–Kier alpha value is -2.18. The third-order valence-corrected chi connectivity index (χ3v) is 4.66. The zero-order valence-electron chi connectivity index (χ0n) is 13.7. The first-order valence-electron chi connectivity index (χ1n) is 7.65. The molecule has 3 aliphatic rings. The Balaban J connectivity index is 1.70. The minimum atomic E-state index is 0.101. The number of rotatable bonds is 1. The maximum atomic E-state index is 3.45. The zero-order valence-corrected chi connectivity index (χ0v) is 13.7. The lowest BCUT2D eigenvalue weighted by Crippen LogP contribution is -2.39. The van der Waals surface area contributed by atoms with Crippen LogP contribution in [0.5, 0.6) is 0 Å². The fraction of sp³-hybridized carbons (Fsp3) is 0.368. The van der Waals surface area contributed by atoms with Gasteiger partial charge < -0.3 is 15.1 Å². The van der Waals surface area contributed by atoms with Crippen molar-refractivity contribution in [3.8, 4) is 11.8 Å². The summed E-state index contributed by atoms with van der Waals surface area (Å²) in [5, 5.41) is 3.45. The van der Waals surface area contributed by atoms with Crippen molar-refractivity contribution in [2.24, 2.45) is 0 Å². The zero-order chi connectivity index (χ0) is 15.7. The molecule has 0 fully saturated rings. The lowest BCUT2D eigenvalue weighted by molar-refractivity contribution is 0.230. The van der Waals surface area contributed by atoms with Crippen molar-refractivity contribution < 1.29 is 0 Å². The molecule has 1 N–H and O–H groups in total. The van der Waals surface area contributed by atoms with Crippen LogP contribution in [0.15, 0.2) is 59.5 Å². The van der Waals surface area contributed by atoms with Crippen LogP contribution in [0, 0.1) is 11.8 Å². The van der Waals surface area contributed by atoms with Crippen LogP contribution in [0.25, 0.3) is 0 Å². The van der Waals surface area contributed by atoms with E-state index in [1.165, 1.54) is 5.57 Å². The summed E-state index contributed by atoms with van der Waals surface area (Å²) in [5.41, 5.74) is 3.45. The molecule has 3 heteroatoms. The van der Waals surface area contributed by atoms with E-state index in [0.717, 1.165) is 17.7 Å². The Kier molecular flexibility index (Phi) is 3.72. The second-order valence-electron chi connectivity index (χ2n) is 6.48. The van der Waals surface area contributed by atoms with Gasteiger partial charge in [0.1, 0.15) is 6.17 Å². The summed E-state index contributed by atoms with van der Waals surface area (Å²) in [7, 11) is 6.30. The first-order chi connectivity index (χ1) is 10.5. The topological polar surface area (TPSA) is 18.5 Å². The maximum absolute atomic E-state index is 3.45. The van der Waals surface area contributed by atoms with E-state index in [4.69, 9.17) is 0 Å². The first kappa shape index (κ1) is 14.7. The van der Waals surface area contributed by atoms with E-state index >= 15 is 0 Å². The minimum absolute atomic E-state index is 0.101. The van der Waals surface area contributed by atoms with Crippen molar-refractivity contribution in [3.05, 3.63) is 59.5 Å². The van der Waals surface area contributed by atoms with Gasteiger partial charge in [0.25, 0.3) is 0 Å². The van der Waals surface area contributed by atoms with Crippen molar-refractivity contribution in [2.45, 2.75) is 25.0 Å². The van der Waals surface area contributed by atoms with Crippen molar-refractivity contribution in [3.63, 3.8) is 0 Å². The highest BCUT2D eigenvalue weighted by Gasteiger charge is 2.25. The summed E-state index contributed by atoms with van der Waals surface area (Å²) < 4.78 is 0. The van der Waals surface area contributed by atoms with Crippen molar-refractivity contribution in [1.29, 1.82) is 0 Å². The molecule has 2 heterocycles. The fourth-order valence-electron chi connectivity index (χ4n) is 2.73. The Morgan fingerprint density at radius 3 is 2.82 bits per heavy atom. The summed E-state index contributed by atoms with van der Waals surface area (Å²) in [5.74, 6) is 6.53. The molecule has 3 rings (SSSR count). The van der Waals surface area contributed by atoms with Crippen molar-refractivity contribution >= 4 is 0 Å². The predicted molar refractivity (Wildman–Crippen MR) is 91.7 cm³/mol. The van der Waals surface area contributed by atoms with Gasteiger partial charge in [0.15, 0.2) is 0 Å². The first-order valence-corrected chi connectivity index (χ1v) is 7.65. The standard InChI is InChI=1S/C19H23N3/c1-19(21(2)3)11-9-15(10-12-19)7-8-17-14-16-6-5-13-22(4)18(16)20-17/h5-6,9-11,13-14,18,20H,12H2,1-4H3. The Labute approximate surface area is 133 Å². The van der Waals surface area contributed by atoms with Gasteiger partial charge in [-0.1, -0.05) is 24.1 Å². The largest absolute Gasteiger partial charge is 0.357 e. The average Bonchev–Trinajstić information content (AvgIpc) is 2.91. The number of likely N-dealkylation sites (N-methyl/N-ethyl adjacent to an activating group) is 2. The smallest absolute Gasteiger partial charge is 0.125 e. The number of hydrogen-bond donors (Lipinski definition) is 1. The summed E-state index contributed by atoms with van der Waals surface area (Å²) >= 11 is 0. The van der Waals surface area contributed by atoms with Gasteiger partial charge in [-0.3, -0.25) is 0 Å². The van der Waals surface area contributed by atoms with Gasteiger partial charge in [0.05, 0.1) is 5.70 Å². The van der Waals surface area contributed by atoms with E-state index < -0.39 is 0 Å². The van der Waals surface area contributed by atoms with Crippen LogP contribution >= 0.6 is 0 Å². The van der Waals surface area contributed by atoms with Crippen LogP contribution in [0.1, 0.15) is 13.3 Å². The number of nitrogens with one attached hydrogen (secondary N) is 1. The molecular weight excluding hydrogens is 270 g/mol. The van der Waals surface area contributed by atoms with Crippen LogP contribution in [0.3, 0.4) is 0 Å². The van der Waals surface area contributed by atoms with E-state index in [1.54, 1.807) is 0 Å². The molecule has 0 aromatic heterocycles. The molecule has 22 heavy (non-hydrogen) atoms. The van der Waals surface area contributed by atoms with Crippen LogP contribution in [0.4, 0.5) is 0 Å². The van der Waals surface area contributed by atoms with E-state index in [1.807, 2.05) is 0 Å². The minimum Gasteiger partial charge on any atom is -0.357 e. The molecule has 1 aliphatic carbocycles. The van der Waals surface area contributed by atoms with E-state index in [-0.39, 0.29) is 11.7 Å². The van der Waals surface area contributed by atoms with Crippen molar-refractivity contribution in [2.75, 3.05) is 21.1 Å². The SMILES string of the molecule is CN1C=CC=C2C=C(C#CC3=CCC(C)(N(C)C)C=C3)NC21. The van der Waals surface area contributed by atoms with E-state index in [2.05, 4.69) is 97.7 Å². The fourth-order valence-corrected chi connectivity index (χ4v) is 2.73. The lowest BCUT2D eigenvalue weighted by Gasteiger charge is -2.34. The summed E-state index contributed by atoms with van der Waals surface area (Å²) in [6.45, 7) is 2.24. The molecule has 0 aromatic carbocycles. The van der Waals surface area contributed by atoms with Gasteiger partial charge in [0, 0.05) is 24.4 Å². The lowest BCUT2D eigenvalue weighted by atomic mass is 9.89. The molecule has 0 saturated carbocycles. The number of hydrogen-bond acceptors (Lipinski definition) is 3. The number of nitrogens with zero attached hydrogens (tertiary/aromatic N) is 2. The van der Waals surface area contributed by atoms with Gasteiger partial charge in [-0.05, 0) is 57.2 Å². The quantitative estimate of drug-likeness (QED) is 0.749. The highest BCUT2D eigenvalue weighted by Crippen LogP contribution is 2.25. The molecule has 0 radical (unpaired) electrons. The Bertz CT molecular complexity index is 679.